The third-order valence-corrected chi connectivity index (χ3v) is 6.12. The monoisotopic (exact) mass is 409 g/mol. The molecule has 2 N–H and O–H groups in total. The Kier molecular flexibility index (Phi) is 5.24. The molecule has 0 unspecified atom stereocenters. The Bertz CT molecular complexity index is 1050. The number of nitrogens with one attached hydrogen (secondary N) is 2. The second-order valence-electron chi connectivity index (χ2n) is 5.80. The molecule has 0 saturated carbocycles. The molecular formula is C20H15N3OS3. The van der Waals surface area contributed by atoms with E-state index in [-0.39, 0.29) is 5.91 Å². The van der Waals surface area contributed by atoms with Crippen molar-refractivity contribution in [3.8, 4) is 10.6 Å². The lowest BCUT2D eigenvalue weighted by Crippen LogP contribution is -2.38. The van der Waals surface area contributed by atoms with E-state index in [4.69, 9.17) is 12.2 Å². The zero-order valence-electron chi connectivity index (χ0n) is 14.1. The van der Waals surface area contributed by atoms with E-state index in [1.54, 1.807) is 17.4 Å². The Balaban J connectivity index is 1.36. The number of hydrogen-bond donors (Lipinski definition) is 2. The van der Waals surface area contributed by atoms with Crippen LogP contribution in [0.1, 0.15) is 15.2 Å². The molecule has 0 aliphatic heterocycles. The van der Waals surface area contributed by atoms with Crippen LogP contribution in [0.3, 0.4) is 0 Å². The molecule has 0 bridgehead atoms. The molecule has 4 aromatic rings. The quantitative estimate of drug-likeness (QED) is 0.474. The lowest BCUT2D eigenvalue weighted by Gasteiger charge is -2.09. The highest BCUT2D eigenvalue weighted by molar-refractivity contribution is 7.80. The number of benzene rings is 2. The van der Waals surface area contributed by atoms with E-state index in [1.807, 2.05) is 41.8 Å². The van der Waals surface area contributed by atoms with Crippen LogP contribution in [-0.2, 0) is 6.54 Å². The van der Waals surface area contributed by atoms with Crippen molar-refractivity contribution >= 4 is 56.1 Å². The molecule has 0 saturated heterocycles. The highest BCUT2D eigenvalue weighted by atomic mass is 32.1. The highest BCUT2D eigenvalue weighted by Crippen LogP contribution is 2.29. The van der Waals surface area contributed by atoms with Crippen LogP contribution in [0.5, 0.6) is 0 Å². The molecule has 2 heterocycles. The second kappa shape index (κ2) is 7.96. The summed E-state index contributed by atoms with van der Waals surface area (Å²) in [7, 11) is 0. The zero-order chi connectivity index (χ0) is 18.6. The molecule has 0 atom stereocenters. The summed E-state index contributed by atoms with van der Waals surface area (Å²) in [6.07, 6.45) is 0. The first-order chi connectivity index (χ1) is 13.2. The van der Waals surface area contributed by atoms with E-state index in [1.165, 1.54) is 16.0 Å². The topological polar surface area (TPSA) is 54.0 Å². The number of para-hydroxylation sites is 1. The maximum absolute atomic E-state index is 12.0. The molecule has 4 rings (SSSR count). The first kappa shape index (κ1) is 17.8. The summed E-state index contributed by atoms with van der Waals surface area (Å²) < 4.78 is 1.19. The molecule has 2 aromatic heterocycles. The van der Waals surface area contributed by atoms with Gasteiger partial charge >= 0.3 is 0 Å². The summed E-state index contributed by atoms with van der Waals surface area (Å²) >= 11 is 8.27. The number of carbonyl (C=O) groups is 1. The molecule has 0 aliphatic carbocycles. The summed E-state index contributed by atoms with van der Waals surface area (Å²) in [6.45, 7) is 0.545. The van der Waals surface area contributed by atoms with E-state index >= 15 is 0 Å². The largest absolute Gasteiger partial charge is 0.358 e. The number of fused-ring (bicyclic) bond motifs is 1. The number of thiocarbonyl (C=S) groups is 1. The number of carbonyl (C=O) groups excluding carboxylic acids is 1. The Morgan fingerprint density at radius 1 is 1.04 bits per heavy atom. The first-order valence-electron chi connectivity index (χ1n) is 8.26. The Morgan fingerprint density at radius 3 is 2.59 bits per heavy atom. The van der Waals surface area contributed by atoms with Gasteiger partial charge in [-0.3, -0.25) is 10.1 Å². The average Bonchev–Trinajstić information content (AvgIpc) is 3.36. The number of amides is 1. The fourth-order valence-electron chi connectivity index (χ4n) is 2.56. The van der Waals surface area contributed by atoms with Crippen molar-refractivity contribution in [1.29, 1.82) is 0 Å². The standard InChI is InChI=1S/C20H15N3OS3/c24-18(17-6-3-11-26-17)23-20(25)21-12-13-7-9-14(10-8-13)19-22-15-4-1-2-5-16(15)27-19/h1-11H,12H2,(H2,21,23,24,25). The van der Waals surface area contributed by atoms with Crippen LogP contribution in [0.4, 0.5) is 0 Å². The van der Waals surface area contributed by atoms with Crippen molar-refractivity contribution in [2.24, 2.45) is 0 Å². The number of aromatic nitrogens is 1. The van der Waals surface area contributed by atoms with Gasteiger partial charge in [0.1, 0.15) is 5.01 Å². The molecular weight excluding hydrogens is 394 g/mol. The molecule has 0 aliphatic rings. The summed E-state index contributed by atoms with van der Waals surface area (Å²) in [5.41, 5.74) is 3.19. The first-order valence-corrected chi connectivity index (χ1v) is 10.4. The average molecular weight is 410 g/mol. The third-order valence-electron chi connectivity index (χ3n) is 3.92. The lowest BCUT2D eigenvalue weighted by molar-refractivity contribution is 0.0980. The summed E-state index contributed by atoms with van der Waals surface area (Å²) in [5, 5.41) is 8.94. The number of rotatable bonds is 4. The van der Waals surface area contributed by atoms with Crippen molar-refractivity contribution in [2.45, 2.75) is 6.54 Å². The summed E-state index contributed by atoms with van der Waals surface area (Å²) in [4.78, 5) is 17.3. The maximum Gasteiger partial charge on any atom is 0.267 e. The number of thiazole rings is 1. The van der Waals surface area contributed by atoms with Crippen molar-refractivity contribution in [3.05, 3.63) is 76.5 Å². The van der Waals surface area contributed by atoms with E-state index < -0.39 is 0 Å². The van der Waals surface area contributed by atoms with Gasteiger partial charge in [0.25, 0.3) is 5.91 Å². The van der Waals surface area contributed by atoms with Gasteiger partial charge in [0.15, 0.2) is 5.11 Å². The predicted octanol–water partition coefficient (Wildman–Crippen LogP) is 4.83. The van der Waals surface area contributed by atoms with Gasteiger partial charge in [0, 0.05) is 12.1 Å². The highest BCUT2D eigenvalue weighted by Gasteiger charge is 2.09. The lowest BCUT2D eigenvalue weighted by atomic mass is 10.1. The number of thiophene rings is 1. The fraction of sp³-hybridized carbons (Fsp3) is 0.0500. The van der Waals surface area contributed by atoms with Crippen LogP contribution in [0.25, 0.3) is 20.8 Å². The van der Waals surface area contributed by atoms with Gasteiger partial charge in [0.2, 0.25) is 0 Å². The zero-order valence-corrected chi connectivity index (χ0v) is 16.6. The van der Waals surface area contributed by atoms with Gasteiger partial charge < -0.3 is 5.32 Å². The van der Waals surface area contributed by atoms with E-state index in [9.17, 15) is 4.79 Å². The van der Waals surface area contributed by atoms with Crippen molar-refractivity contribution in [1.82, 2.24) is 15.6 Å². The minimum absolute atomic E-state index is 0.186. The van der Waals surface area contributed by atoms with Crippen LogP contribution in [0.15, 0.2) is 66.0 Å². The van der Waals surface area contributed by atoms with Gasteiger partial charge in [-0.1, -0.05) is 42.5 Å². The fourth-order valence-corrected chi connectivity index (χ4v) is 4.31. The Labute approximate surface area is 169 Å². The minimum atomic E-state index is -0.186. The minimum Gasteiger partial charge on any atom is -0.358 e. The molecule has 1 amide bonds. The Morgan fingerprint density at radius 2 is 1.85 bits per heavy atom. The number of nitrogens with zero attached hydrogens (tertiary/aromatic N) is 1. The van der Waals surface area contributed by atoms with E-state index in [0.29, 0.717) is 16.5 Å². The van der Waals surface area contributed by atoms with Gasteiger partial charge in [-0.25, -0.2) is 4.98 Å². The van der Waals surface area contributed by atoms with Crippen molar-refractivity contribution < 1.29 is 4.79 Å². The molecule has 7 heteroatoms. The summed E-state index contributed by atoms with van der Waals surface area (Å²) in [6, 6.07) is 19.9. The number of hydrogen-bond acceptors (Lipinski definition) is 5. The normalized spacial score (nSPS) is 10.7. The SMILES string of the molecule is O=C(NC(=S)NCc1ccc(-c2nc3ccccc3s2)cc1)c1cccs1. The van der Waals surface area contributed by atoms with Crippen LogP contribution in [0, 0.1) is 0 Å². The van der Waals surface area contributed by atoms with Gasteiger partial charge in [-0.2, -0.15) is 0 Å². The Hall–Kier alpha value is -2.61. The molecule has 0 radical (unpaired) electrons. The molecule has 0 fully saturated rings. The van der Waals surface area contributed by atoms with Crippen LogP contribution in [0.2, 0.25) is 0 Å². The molecule has 0 spiro atoms. The second-order valence-corrected chi connectivity index (χ2v) is 8.18. The van der Waals surface area contributed by atoms with Gasteiger partial charge in [0.05, 0.1) is 15.1 Å². The van der Waals surface area contributed by atoms with Crippen LogP contribution in [-0.4, -0.2) is 16.0 Å². The van der Waals surface area contributed by atoms with Gasteiger partial charge in [-0.15, -0.1) is 22.7 Å². The van der Waals surface area contributed by atoms with Gasteiger partial charge in [-0.05, 0) is 41.4 Å². The molecule has 27 heavy (non-hydrogen) atoms. The van der Waals surface area contributed by atoms with Crippen molar-refractivity contribution in [2.75, 3.05) is 0 Å². The van der Waals surface area contributed by atoms with Crippen molar-refractivity contribution in [3.63, 3.8) is 0 Å². The summed E-state index contributed by atoms with van der Waals surface area (Å²) in [5.74, 6) is -0.186. The van der Waals surface area contributed by atoms with Crippen LogP contribution >= 0.6 is 34.9 Å². The van der Waals surface area contributed by atoms with E-state index in [0.717, 1.165) is 21.7 Å². The van der Waals surface area contributed by atoms with E-state index in [2.05, 4.69) is 33.8 Å². The predicted molar refractivity (Wildman–Crippen MR) is 116 cm³/mol. The molecule has 134 valence electrons. The molecule has 2 aromatic carbocycles. The molecule has 4 nitrogen and oxygen atoms in total. The maximum atomic E-state index is 12.0. The third kappa shape index (κ3) is 4.21. The van der Waals surface area contributed by atoms with Crippen LogP contribution < -0.4 is 10.6 Å². The smallest absolute Gasteiger partial charge is 0.267 e.